The van der Waals surface area contributed by atoms with Crippen molar-refractivity contribution in [1.29, 1.82) is 0 Å². The van der Waals surface area contributed by atoms with Crippen molar-refractivity contribution in [3.8, 4) is 0 Å². The molecular weight excluding hydrogens is 256 g/mol. The lowest BCUT2D eigenvalue weighted by atomic mass is 9.86. The maximum absolute atomic E-state index is 4.15. The number of nitrogens with zero attached hydrogens (tertiary/aromatic N) is 3. The molecule has 0 aromatic carbocycles. The van der Waals surface area contributed by atoms with E-state index in [4.69, 9.17) is 0 Å². The first-order valence-electron chi connectivity index (χ1n) is 6.57. The van der Waals surface area contributed by atoms with Crippen LogP contribution in [-0.4, -0.2) is 20.6 Å². The number of hydrogen-bond donors (Lipinski definition) is 1. The third kappa shape index (κ3) is 3.88. The summed E-state index contributed by atoms with van der Waals surface area (Å²) in [5.41, 5.74) is 2.07. The largest absolute Gasteiger partial charge is 0.336 e. The van der Waals surface area contributed by atoms with Crippen LogP contribution in [0.1, 0.15) is 38.6 Å². The van der Waals surface area contributed by atoms with E-state index in [1.807, 2.05) is 30.4 Å². The van der Waals surface area contributed by atoms with Crippen molar-refractivity contribution < 1.29 is 0 Å². The van der Waals surface area contributed by atoms with Gasteiger partial charge in [-0.3, -0.25) is 4.98 Å². The molecule has 0 saturated carbocycles. The second-order valence-corrected chi connectivity index (χ2v) is 6.89. The van der Waals surface area contributed by atoms with Crippen LogP contribution < -0.4 is 5.32 Å². The van der Waals surface area contributed by atoms with Crippen LogP contribution in [0.25, 0.3) is 0 Å². The fourth-order valence-corrected chi connectivity index (χ4v) is 2.64. The number of thiazole rings is 1. The molecule has 0 saturated heterocycles. The topological polar surface area (TPSA) is 42.7 Å². The molecule has 19 heavy (non-hydrogen) atoms. The van der Waals surface area contributed by atoms with E-state index in [0.717, 1.165) is 6.54 Å². The minimum Gasteiger partial charge on any atom is -0.336 e. The van der Waals surface area contributed by atoms with Crippen LogP contribution in [0.2, 0.25) is 0 Å². The Morgan fingerprint density at radius 2 is 2.16 bits per heavy atom. The number of rotatable bonds is 5. The van der Waals surface area contributed by atoms with Gasteiger partial charge in [-0.05, 0) is 12.3 Å². The van der Waals surface area contributed by atoms with Gasteiger partial charge in [0.1, 0.15) is 0 Å². The zero-order valence-corrected chi connectivity index (χ0v) is 12.8. The van der Waals surface area contributed by atoms with Gasteiger partial charge in [0.2, 0.25) is 0 Å². The Balaban J connectivity index is 2.06. The Morgan fingerprint density at radius 3 is 2.68 bits per heavy atom. The predicted octanol–water partition coefficient (Wildman–Crippen LogP) is 3.11. The van der Waals surface area contributed by atoms with Gasteiger partial charge in [0.25, 0.3) is 0 Å². The summed E-state index contributed by atoms with van der Waals surface area (Å²) in [6.07, 6.45) is 7.65. The fourth-order valence-electron chi connectivity index (χ4n) is 2.01. The molecule has 4 nitrogen and oxygen atoms in total. The smallest absolute Gasteiger partial charge is 0.0946 e. The molecule has 2 rings (SSSR count). The molecule has 0 bridgehead atoms. The van der Waals surface area contributed by atoms with Crippen LogP contribution in [0.5, 0.6) is 0 Å². The van der Waals surface area contributed by atoms with Gasteiger partial charge in [-0.1, -0.05) is 20.8 Å². The van der Waals surface area contributed by atoms with Crippen molar-refractivity contribution in [3.63, 3.8) is 0 Å². The number of imidazole rings is 1. The summed E-state index contributed by atoms with van der Waals surface area (Å²) in [6.45, 7) is 9.91. The lowest BCUT2D eigenvalue weighted by molar-refractivity contribution is 0.226. The second kappa shape index (κ2) is 5.84. The Labute approximate surface area is 118 Å². The van der Waals surface area contributed by atoms with Gasteiger partial charge in [-0.2, -0.15) is 0 Å². The fraction of sp³-hybridized carbons (Fsp3) is 0.571. The van der Waals surface area contributed by atoms with E-state index in [0.29, 0.717) is 12.1 Å². The monoisotopic (exact) mass is 278 g/mol. The molecule has 0 radical (unpaired) electrons. The van der Waals surface area contributed by atoms with Crippen LogP contribution in [0, 0.1) is 5.41 Å². The summed E-state index contributed by atoms with van der Waals surface area (Å²) in [5.74, 6) is 0. The van der Waals surface area contributed by atoms with E-state index in [1.54, 1.807) is 11.3 Å². The minimum atomic E-state index is 0.184. The van der Waals surface area contributed by atoms with Crippen LogP contribution in [0.3, 0.4) is 0 Å². The molecule has 104 valence electrons. The summed E-state index contributed by atoms with van der Waals surface area (Å²) in [6, 6.07) is 0.694. The molecular formula is C14H22N4S. The minimum absolute atomic E-state index is 0.184. The Bertz CT molecular complexity index is 470. The normalized spacial score (nSPS) is 15.4. The maximum Gasteiger partial charge on any atom is 0.0946 e. The number of hydrogen-bond acceptors (Lipinski definition) is 4. The second-order valence-electron chi connectivity index (χ2n) is 5.97. The lowest BCUT2D eigenvalue weighted by Crippen LogP contribution is -2.44. The van der Waals surface area contributed by atoms with Crippen molar-refractivity contribution in [2.24, 2.45) is 5.41 Å². The zero-order valence-electron chi connectivity index (χ0n) is 12.0. The molecule has 0 aliphatic carbocycles. The molecule has 2 atom stereocenters. The van der Waals surface area contributed by atoms with E-state index in [9.17, 15) is 0 Å². The number of nitrogens with one attached hydrogen (secondary N) is 1. The van der Waals surface area contributed by atoms with Gasteiger partial charge in [0.05, 0.1) is 11.8 Å². The third-order valence-electron chi connectivity index (χ3n) is 3.33. The molecule has 2 aromatic heterocycles. The van der Waals surface area contributed by atoms with Crippen LogP contribution in [0.4, 0.5) is 0 Å². The van der Waals surface area contributed by atoms with Crippen LogP contribution in [-0.2, 0) is 6.54 Å². The molecule has 1 N–H and O–H groups in total. The summed E-state index contributed by atoms with van der Waals surface area (Å²) < 4.78 is 2.13. The highest BCUT2D eigenvalue weighted by Crippen LogP contribution is 2.25. The summed E-state index contributed by atoms with van der Waals surface area (Å²) in [7, 11) is 0. The first-order valence-corrected chi connectivity index (χ1v) is 7.45. The SMILES string of the molecule is CC(NC(Cn1ccnc1)C(C)(C)C)c1cncs1. The van der Waals surface area contributed by atoms with Gasteiger partial charge in [0.15, 0.2) is 0 Å². The van der Waals surface area contributed by atoms with Crippen molar-refractivity contribution in [3.05, 3.63) is 35.3 Å². The average Bonchev–Trinajstić information content (AvgIpc) is 2.99. The molecule has 0 aliphatic heterocycles. The van der Waals surface area contributed by atoms with Crippen molar-refractivity contribution in [1.82, 2.24) is 19.9 Å². The molecule has 5 heteroatoms. The van der Waals surface area contributed by atoms with Crippen molar-refractivity contribution in [2.75, 3.05) is 0 Å². The standard InChI is InChI=1S/C14H22N4S/c1-11(12-7-16-10-19-12)17-13(14(2,3)4)8-18-6-5-15-9-18/h5-7,9-11,13,17H,8H2,1-4H3. The van der Waals surface area contributed by atoms with E-state index in [2.05, 4.69) is 47.5 Å². The van der Waals surface area contributed by atoms with Gasteiger partial charge in [-0.15, -0.1) is 11.3 Å². The van der Waals surface area contributed by atoms with E-state index >= 15 is 0 Å². The van der Waals surface area contributed by atoms with Crippen LogP contribution >= 0.6 is 11.3 Å². The Morgan fingerprint density at radius 1 is 1.37 bits per heavy atom. The summed E-state index contributed by atoms with van der Waals surface area (Å²) in [5, 5.41) is 3.72. The lowest BCUT2D eigenvalue weighted by Gasteiger charge is -2.34. The van der Waals surface area contributed by atoms with E-state index < -0.39 is 0 Å². The number of aromatic nitrogens is 3. The summed E-state index contributed by atoms with van der Waals surface area (Å²) in [4.78, 5) is 9.54. The molecule has 0 amide bonds. The van der Waals surface area contributed by atoms with Gasteiger partial charge >= 0.3 is 0 Å². The Hall–Kier alpha value is -1.20. The third-order valence-corrected chi connectivity index (χ3v) is 4.29. The molecule has 0 spiro atoms. The average molecular weight is 278 g/mol. The van der Waals surface area contributed by atoms with Crippen molar-refractivity contribution in [2.45, 2.75) is 46.3 Å². The highest BCUT2D eigenvalue weighted by atomic mass is 32.1. The quantitative estimate of drug-likeness (QED) is 0.914. The van der Waals surface area contributed by atoms with Gasteiger partial charge < -0.3 is 9.88 Å². The maximum atomic E-state index is 4.15. The first-order chi connectivity index (χ1) is 8.97. The van der Waals surface area contributed by atoms with Crippen LogP contribution in [0.15, 0.2) is 30.4 Å². The molecule has 2 aromatic rings. The van der Waals surface area contributed by atoms with Crippen molar-refractivity contribution >= 4 is 11.3 Å². The molecule has 2 heterocycles. The van der Waals surface area contributed by atoms with E-state index in [-0.39, 0.29) is 5.41 Å². The first kappa shape index (κ1) is 14.2. The summed E-state index contributed by atoms with van der Waals surface area (Å²) >= 11 is 1.70. The highest BCUT2D eigenvalue weighted by molar-refractivity contribution is 7.09. The zero-order chi connectivity index (χ0) is 13.9. The van der Waals surface area contributed by atoms with Gasteiger partial charge in [-0.25, -0.2) is 4.98 Å². The molecule has 0 aliphatic rings. The predicted molar refractivity (Wildman–Crippen MR) is 79.1 cm³/mol. The van der Waals surface area contributed by atoms with E-state index in [1.165, 1.54) is 4.88 Å². The van der Waals surface area contributed by atoms with Gasteiger partial charge in [0, 0.05) is 42.1 Å². The Kier molecular flexibility index (Phi) is 4.37. The highest BCUT2D eigenvalue weighted by Gasteiger charge is 2.26. The molecule has 2 unspecified atom stereocenters. The molecule has 0 fully saturated rings.